The van der Waals surface area contributed by atoms with Gasteiger partial charge in [0.1, 0.15) is 0 Å². The lowest BCUT2D eigenvalue weighted by atomic mass is 10.00. The number of aliphatic imine (C=N–C) groups is 1. The Hall–Kier alpha value is -0.810. The van der Waals surface area contributed by atoms with Crippen molar-refractivity contribution in [3.05, 3.63) is 0 Å². The van der Waals surface area contributed by atoms with Gasteiger partial charge >= 0.3 is 0 Å². The van der Waals surface area contributed by atoms with Gasteiger partial charge in [-0.15, -0.1) is 0 Å². The third-order valence-electron chi connectivity index (χ3n) is 3.48. The van der Waals surface area contributed by atoms with Gasteiger partial charge in [0.25, 0.3) is 0 Å². The van der Waals surface area contributed by atoms with Crippen LogP contribution in [0.3, 0.4) is 0 Å². The molecule has 5 nitrogen and oxygen atoms in total. The van der Waals surface area contributed by atoms with Gasteiger partial charge in [-0.1, -0.05) is 6.42 Å². The summed E-state index contributed by atoms with van der Waals surface area (Å²) < 4.78 is 0. The molecule has 1 unspecified atom stereocenters. The molecular formula is C10H21N5. The lowest BCUT2D eigenvalue weighted by Gasteiger charge is -2.44. The predicted octanol–water partition coefficient (Wildman–Crippen LogP) is -0.394. The molecule has 0 aromatic carbocycles. The molecule has 2 rings (SSSR count). The van der Waals surface area contributed by atoms with Crippen LogP contribution in [-0.4, -0.2) is 55.0 Å². The first kappa shape index (κ1) is 10.7. The van der Waals surface area contributed by atoms with Crippen molar-refractivity contribution < 1.29 is 0 Å². The van der Waals surface area contributed by atoms with E-state index in [1.54, 1.807) is 7.05 Å². The first-order valence-electron chi connectivity index (χ1n) is 5.77. The zero-order chi connectivity index (χ0) is 10.7. The summed E-state index contributed by atoms with van der Waals surface area (Å²) in [7, 11) is 1.78. The lowest BCUT2D eigenvalue weighted by Crippen LogP contribution is -2.59. The molecule has 0 amide bonds. The van der Waals surface area contributed by atoms with Crippen molar-refractivity contribution in [3.8, 4) is 0 Å². The summed E-state index contributed by atoms with van der Waals surface area (Å²) in [5, 5.41) is 0. The smallest absolute Gasteiger partial charge is 0.208 e. The topological polar surface area (TPSA) is 56.9 Å². The van der Waals surface area contributed by atoms with E-state index in [2.05, 4.69) is 20.2 Å². The average molecular weight is 211 g/mol. The third kappa shape index (κ3) is 2.23. The van der Waals surface area contributed by atoms with Gasteiger partial charge in [-0.2, -0.15) is 0 Å². The number of piperidine rings is 1. The Morgan fingerprint density at radius 3 is 2.93 bits per heavy atom. The molecule has 2 aliphatic rings. The van der Waals surface area contributed by atoms with Crippen molar-refractivity contribution in [2.45, 2.75) is 25.3 Å². The zero-order valence-corrected chi connectivity index (χ0v) is 9.45. The van der Waals surface area contributed by atoms with Crippen LogP contribution < -0.4 is 11.3 Å². The lowest BCUT2D eigenvalue weighted by molar-refractivity contribution is 0.0787. The molecule has 0 aromatic rings. The van der Waals surface area contributed by atoms with Gasteiger partial charge in [0.05, 0.1) is 0 Å². The summed E-state index contributed by atoms with van der Waals surface area (Å²) in [4.78, 5) is 9.01. The summed E-state index contributed by atoms with van der Waals surface area (Å²) >= 11 is 0. The number of rotatable bonds is 0. The Kier molecular flexibility index (Phi) is 3.43. The average Bonchev–Trinajstić information content (AvgIpc) is 2.30. The first-order chi connectivity index (χ1) is 7.35. The summed E-state index contributed by atoms with van der Waals surface area (Å²) in [5.41, 5.74) is 2.67. The fourth-order valence-electron chi connectivity index (χ4n) is 2.65. The molecule has 15 heavy (non-hydrogen) atoms. The molecule has 2 heterocycles. The van der Waals surface area contributed by atoms with Crippen LogP contribution in [0.1, 0.15) is 19.3 Å². The molecule has 5 heteroatoms. The highest BCUT2D eigenvalue weighted by molar-refractivity contribution is 5.79. The summed E-state index contributed by atoms with van der Waals surface area (Å²) in [6.45, 7) is 4.52. The molecular weight excluding hydrogens is 190 g/mol. The first-order valence-corrected chi connectivity index (χ1v) is 5.77. The van der Waals surface area contributed by atoms with E-state index in [0.717, 1.165) is 25.6 Å². The van der Waals surface area contributed by atoms with E-state index in [0.29, 0.717) is 6.04 Å². The van der Waals surface area contributed by atoms with E-state index < -0.39 is 0 Å². The van der Waals surface area contributed by atoms with Crippen LogP contribution >= 0.6 is 0 Å². The Labute approximate surface area is 91.3 Å². The number of nitrogens with one attached hydrogen (secondary N) is 1. The highest BCUT2D eigenvalue weighted by atomic mass is 15.4. The van der Waals surface area contributed by atoms with Crippen molar-refractivity contribution in [1.82, 2.24) is 15.2 Å². The number of fused-ring (bicyclic) bond motifs is 1. The number of hydrazine groups is 1. The number of guanidine groups is 1. The fraction of sp³-hybridized carbons (Fsp3) is 0.900. The molecule has 86 valence electrons. The minimum absolute atomic E-state index is 0.706. The number of hydrogen-bond acceptors (Lipinski definition) is 3. The molecule has 2 fully saturated rings. The maximum atomic E-state index is 5.45. The van der Waals surface area contributed by atoms with E-state index in [-0.39, 0.29) is 0 Å². The largest absolute Gasteiger partial charge is 0.339 e. The minimum Gasteiger partial charge on any atom is -0.339 e. The molecule has 1 atom stereocenters. The van der Waals surface area contributed by atoms with Crippen LogP contribution in [-0.2, 0) is 0 Å². The van der Waals surface area contributed by atoms with Gasteiger partial charge in [0.2, 0.25) is 5.96 Å². The molecule has 0 saturated carbocycles. The Morgan fingerprint density at radius 2 is 2.20 bits per heavy atom. The van der Waals surface area contributed by atoms with Gasteiger partial charge < -0.3 is 4.90 Å². The van der Waals surface area contributed by atoms with E-state index in [1.807, 2.05) is 0 Å². The van der Waals surface area contributed by atoms with Crippen LogP contribution in [0.5, 0.6) is 0 Å². The van der Waals surface area contributed by atoms with Gasteiger partial charge in [0.15, 0.2) is 0 Å². The molecule has 3 N–H and O–H groups in total. The van der Waals surface area contributed by atoms with E-state index in [1.165, 1.54) is 25.8 Å². The highest BCUT2D eigenvalue weighted by Crippen LogP contribution is 2.20. The van der Waals surface area contributed by atoms with Gasteiger partial charge in [-0.25, -0.2) is 5.84 Å². The van der Waals surface area contributed by atoms with Crippen molar-refractivity contribution in [2.24, 2.45) is 10.8 Å². The number of piperazine rings is 1. The normalized spacial score (nSPS) is 28.8. The Morgan fingerprint density at radius 1 is 1.33 bits per heavy atom. The van der Waals surface area contributed by atoms with Gasteiger partial charge in [-0.3, -0.25) is 15.3 Å². The highest BCUT2D eigenvalue weighted by Gasteiger charge is 2.29. The molecule has 0 spiro atoms. The zero-order valence-electron chi connectivity index (χ0n) is 9.45. The maximum Gasteiger partial charge on any atom is 0.208 e. The van der Waals surface area contributed by atoms with Crippen molar-refractivity contribution in [3.63, 3.8) is 0 Å². The minimum atomic E-state index is 0.706. The van der Waals surface area contributed by atoms with Crippen molar-refractivity contribution in [1.29, 1.82) is 0 Å². The van der Waals surface area contributed by atoms with E-state index in [9.17, 15) is 0 Å². The van der Waals surface area contributed by atoms with E-state index >= 15 is 0 Å². The van der Waals surface area contributed by atoms with Crippen LogP contribution in [0.2, 0.25) is 0 Å². The summed E-state index contributed by atoms with van der Waals surface area (Å²) in [5.74, 6) is 6.27. The molecule has 0 aromatic heterocycles. The third-order valence-corrected chi connectivity index (χ3v) is 3.48. The maximum absolute atomic E-state index is 5.45. The molecule has 0 radical (unpaired) electrons. The van der Waals surface area contributed by atoms with Crippen LogP contribution in [0.25, 0.3) is 0 Å². The van der Waals surface area contributed by atoms with Crippen LogP contribution in [0.4, 0.5) is 0 Å². The standard InChI is InChI=1S/C10H21N5/c1-12-10(13-11)15-7-6-14-5-3-2-4-9(14)8-15/h9H,2-8,11H2,1H3,(H,12,13). The van der Waals surface area contributed by atoms with Crippen LogP contribution in [0.15, 0.2) is 4.99 Å². The SMILES string of the molecule is CN=C(NN)N1CCN2CCCCC2C1. The van der Waals surface area contributed by atoms with Gasteiger partial charge in [-0.05, 0) is 19.4 Å². The van der Waals surface area contributed by atoms with Crippen molar-refractivity contribution in [2.75, 3.05) is 33.2 Å². The second kappa shape index (κ2) is 4.81. The second-order valence-corrected chi connectivity index (χ2v) is 4.32. The Balaban J connectivity index is 1.96. The van der Waals surface area contributed by atoms with Crippen LogP contribution in [0, 0.1) is 0 Å². The van der Waals surface area contributed by atoms with Gasteiger partial charge in [0, 0.05) is 32.7 Å². The monoisotopic (exact) mass is 211 g/mol. The summed E-state index contributed by atoms with van der Waals surface area (Å²) in [6.07, 6.45) is 4.04. The molecule has 2 aliphatic heterocycles. The molecule has 2 saturated heterocycles. The Bertz CT molecular complexity index is 240. The quantitative estimate of drug-likeness (QED) is 0.248. The molecule has 0 bridgehead atoms. The number of hydrogen-bond donors (Lipinski definition) is 2. The second-order valence-electron chi connectivity index (χ2n) is 4.32. The predicted molar refractivity (Wildman–Crippen MR) is 61.5 cm³/mol. The summed E-state index contributed by atoms with van der Waals surface area (Å²) in [6, 6.07) is 0.706. The number of nitrogens with zero attached hydrogens (tertiary/aromatic N) is 3. The van der Waals surface area contributed by atoms with E-state index in [4.69, 9.17) is 5.84 Å². The number of nitrogens with two attached hydrogens (primary N) is 1. The molecule has 0 aliphatic carbocycles. The fourth-order valence-corrected chi connectivity index (χ4v) is 2.65. The van der Waals surface area contributed by atoms with Crippen molar-refractivity contribution >= 4 is 5.96 Å².